The highest BCUT2D eigenvalue weighted by atomic mass is 32.2. The minimum Gasteiger partial charge on any atom is -0.465 e. The molecule has 0 saturated heterocycles. The van der Waals surface area contributed by atoms with Gasteiger partial charge in [0.15, 0.2) is 0 Å². The van der Waals surface area contributed by atoms with Gasteiger partial charge in [0, 0.05) is 12.1 Å². The normalized spacial score (nSPS) is 21.1. The van der Waals surface area contributed by atoms with Crippen molar-refractivity contribution in [1.29, 1.82) is 0 Å². The third-order valence-corrected chi connectivity index (χ3v) is 3.67. The van der Waals surface area contributed by atoms with Crippen LogP contribution >= 0.6 is 11.8 Å². The number of hydrogen-bond donors (Lipinski definition) is 1. The molecule has 0 bridgehead atoms. The molecule has 0 radical (unpaired) electrons. The van der Waals surface area contributed by atoms with Gasteiger partial charge in [0.25, 0.3) is 0 Å². The largest absolute Gasteiger partial charge is 0.465 e. The Morgan fingerprint density at radius 2 is 2.12 bits per heavy atom. The third-order valence-electron chi connectivity index (χ3n) is 2.56. The first-order valence-corrected chi connectivity index (χ1v) is 6.39. The molecule has 4 nitrogen and oxygen atoms in total. The molecule has 1 aliphatic heterocycles. The number of aliphatic imine (C=N–C) groups is 1. The second-order valence-electron chi connectivity index (χ2n) is 3.62. The van der Waals surface area contributed by atoms with Crippen LogP contribution in [0, 0.1) is 0 Å². The van der Waals surface area contributed by atoms with Crippen LogP contribution in [-0.2, 0) is 9.53 Å². The molecule has 0 aromatic rings. The molecule has 0 atom stereocenters. The van der Waals surface area contributed by atoms with E-state index in [2.05, 4.69) is 11.9 Å². The summed E-state index contributed by atoms with van der Waals surface area (Å²) in [6, 6.07) is 0. The second-order valence-corrected chi connectivity index (χ2v) is 4.62. The van der Waals surface area contributed by atoms with Gasteiger partial charge in [-0.25, -0.2) is 4.79 Å². The predicted molar refractivity (Wildman–Crippen MR) is 71.8 cm³/mol. The van der Waals surface area contributed by atoms with Crippen LogP contribution in [0.5, 0.6) is 0 Å². The lowest BCUT2D eigenvalue weighted by molar-refractivity contribution is -0.135. The fourth-order valence-corrected chi connectivity index (χ4v) is 2.67. The van der Waals surface area contributed by atoms with E-state index in [0.717, 1.165) is 22.6 Å². The van der Waals surface area contributed by atoms with Gasteiger partial charge in [-0.15, -0.1) is 0 Å². The Morgan fingerprint density at radius 1 is 1.47 bits per heavy atom. The zero-order chi connectivity index (χ0) is 13.0. The molecule has 1 aliphatic rings. The molecule has 17 heavy (non-hydrogen) atoms. The number of carbonyl (C=O) groups excluding carboxylic acids is 1. The summed E-state index contributed by atoms with van der Waals surface area (Å²) in [5.74, 6) is -0.393. The van der Waals surface area contributed by atoms with Crippen LogP contribution in [0.2, 0.25) is 0 Å². The fourth-order valence-electron chi connectivity index (χ4n) is 1.52. The van der Waals surface area contributed by atoms with E-state index in [0.29, 0.717) is 17.1 Å². The molecule has 0 aromatic carbocycles. The van der Waals surface area contributed by atoms with Gasteiger partial charge in [-0.1, -0.05) is 24.3 Å². The van der Waals surface area contributed by atoms with Crippen molar-refractivity contribution in [2.45, 2.75) is 27.2 Å². The molecule has 0 aromatic heterocycles. The zero-order valence-electron chi connectivity index (χ0n) is 10.7. The highest BCUT2D eigenvalue weighted by Gasteiger charge is 2.30. The summed E-state index contributed by atoms with van der Waals surface area (Å²) in [5, 5.41) is 0.824. The maximum atomic E-state index is 11.6. The summed E-state index contributed by atoms with van der Waals surface area (Å²) in [4.78, 5) is 16.4. The van der Waals surface area contributed by atoms with Crippen LogP contribution in [0.3, 0.4) is 0 Å². The topological polar surface area (TPSA) is 64.7 Å². The van der Waals surface area contributed by atoms with Gasteiger partial charge < -0.3 is 10.5 Å². The maximum absolute atomic E-state index is 11.6. The Kier molecular flexibility index (Phi) is 4.81. The molecule has 1 rings (SSSR count). The molecule has 5 heteroatoms. The van der Waals surface area contributed by atoms with Crippen molar-refractivity contribution in [3.05, 3.63) is 21.7 Å². The van der Waals surface area contributed by atoms with E-state index in [1.807, 2.05) is 13.8 Å². The summed E-state index contributed by atoms with van der Waals surface area (Å²) in [5.41, 5.74) is 8.55. The van der Waals surface area contributed by atoms with Gasteiger partial charge in [0.1, 0.15) is 9.95 Å². The minimum absolute atomic E-state index is 0.393. The average Bonchev–Trinajstić information content (AvgIpc) is 2.65. The molecule has 2 N–H and O–H groups in total. The quantitative estimate of drug-likeness (QED) is 0.784. The molecular weight excluding hydrogens is 236 g/mol. The van der Waals surface area contributed by atoms with Crippen molar-refractivity contribution >= 4 is 22.8 Å². The van der Waals surface area contributed by atoms with Gasteiger partial charge >= 0.3 is 5.97 Å². The summed E-state index contributed by atoms with van der Waals surface area (Å²) in [6.45, 7) is 6.69. The number of nitrogens with two attached hydrogens (primary N) is 1. The van der Waals surface area contributed by atoms with E-state index in [1.165, 1.54) is 18.9 Å². The van der Waals surface area contributed by atoms with Crippen molar-refractivity contribution in [1.82, 2.24) is 0 Å². The monoisotopic (exact) mass is 254 g/mol. The lowest BCUT2D eigenvalue weighted by Gasteiger charge is -2.05. The van der Waals surface area contributed by atoms with Crippen LogP contribution in [0.4, 0.5) is 0 Å². The van der Waals surface area contributed by atoms with Gasteiger partial charge in [-0.3, -0.25) is 4.99 Å². The molecule has 0 amide bonds. The van der Waals surface area contributed by atoms with E-state index in [1.54, 1.807) is 0 Å². The van der Waals surface area contributed by atoms with Crippen LogP contribution in [0.15, 0.2) is 26.7 Å². The van der Waals surface area contributed by atoms with E-state index >= 15 is 0 Å². The second kappa shape index (κ2) is 5.91. The van der Waals surface area contributed by atoms with Gasteiger partial charge in [-0.05, 0) is 20.3 Å². The lowest BCUT2D eigenvalue weighted by Crippen LogP contribution is -2.09. The highest BCUT2D eigenvalue weighted by Crippen LogP contribution is 2.38. The van der Waals surface area contributed by atoms with E-state index in [4.69, 9.17) is 10.5 Å². The van der Waals surface area contributed by atoms with E-state index in [9.17, 15) is 4.79 Å². The van der Waals surface area contributed by atoms with Crippen LogP contribution in [-0.4, -0.2) is 24.7 Å². The third kappa shape index (κ3) is 2.72. The molecule has 0 spiro atoms. The number of hydrogen-bond acceptors (Lipinski definition) is 5. The SMILES string of the molecule is CCN=C1SC(C(=O)OC)=C(N)/C1=C(/C)CC. The first-order chi connectivity index (χ1) is 8.06. The Balaban J connectivity index is 3.27. The zero-order valence-corrected chi connectivity index (χ0v) is 11.5. The molecule has 94 valence electrons. The minimum atomic E-state index is -0.393. The molecular formula is C12H18N2O2S. The molecule has 0 fully saturated rings. The number of methoxy groups -OCH3 is 1. The number of nitrogens with zero attached hydrogens (tertiary/aromatic N) is 1. The first kappa shape index (κ1) is 13.8. The average molecular weight is 254 g/mol. The lowest BCUT2D eigenvalue weighted by atomic mass is 10.1. The number of rotatable bonds is 3. The number of allylic oxidation sites excluding steroid dienone is 2. The smallest absolute Gasteiger partial charge is 0.346 e. The standard InChI is InChI=1S/C12H18N2O2S/c1-5-7(3)8-9(13)10(12(15)16-4)17-11(8)14-6-2/h5-6,13H2,1-4H3/b8-7+,14-11?. The highest BCUT2D eigenvalue weighted by molar-refractivity contribution is 8.19. The van der Waals surface area contributed by atoms with Crippen molar-refractivity contribution in [3.63, 3.8) is 0 Å². The van der Waals surface area contributed by atoms with Gasteiger partial charge in [-0.2, -0.15) is 0 Å². The van der Waals surface area contributed by atoms with Crippen molar-refractivity contribution in [2.75, 3.05) is 13.7 Å². The number of thioether (sulfide) groups is 1. The Labute approximate surface area is 106 Å². The fraction of sp³-hybridized carbons (Fsp3) is 0.500. The predicted octanol–water partition coefficient (Wildman–Crippen LogP) is 2.22. The summed E-state index contributed by atoms with van der Waals surface area (Å²) in [7, 11) is 1.36. The molecule has 1 heterocycles. The van der Waals surface area contributed by atoms with E-state index in [-0.39, 0.29) is 0 Å². The van der Waals surface area contributed by atoms with Crippen molar-refractivity contribution in [3.8, 4) is 0 Å². The van der Waals surface area contributed by atoms with Gasteiger partial charge in [0.05, 0.1) is 12.8 Å². The van der Waals surface area contributed by atoms with E-state index < -0.39 is 5.97 Å². The maximum Gasteiger partial charge on any atom is 0.346 e. The number of carbonyl (C=O) groups is 1. The van der Waals surface area contributed by atoms with Crippen molar-refractivity contribution in [2.24, 2.45) is 10.7 Å². The molecule has 0 saturated carbocycles. The summed E-state index contributed by atoms with van der Waals surface area (Å²) >= 11 is 1.30. The molecule has 0 aliphatic carbocycles. The Bertz CT molecular complexity index is 422. The van der Waals surface area contributed by atoms with Crippen molar-refractivity contribution < 1.29 is 9.53 Å². The van der Waals surface area contributed by atoms with Crippen LogP contribution < -0.4 is 5.73 Å². The Hall–Kier alpha value is -1.23. The van der Waals surface area contributed by atoms with Crippen LogP contribution in [0.1, 0.15) is 27.2 Å². The number of ether oxygens (including phenoxy) is 1. The number of esters is 1. The first-order valence-electron chi connectivity index (χ1n) is 5.57. The Morgan fingerprint density at radius 3 is 2.59 bits per heavy atom. The molecule has 0 unspecified atom stereocenters. The summed E-state index contributed by atoms with van der Waals surface area (Å²) < 4.78 is 4.72. The van der Waals surface area contributed by atoms with Crippen LogP contribution in [0.25, 0.3) is 0 Å². The van der Waals surface area contributed by atoms with Gasteiger partial charge in [0.2, 0.25) is 0 Å². The summed E-state index contributed by atoms with van der Waals surface area (Å²) in [6.07, 6.45) is 0.883.